The monoisotopic (exact) mass is 439 g/mol. The number of ketones is 1. The van der Waals surface area contributed by atoms with Crippen LogP contribution in [-0.2, 0) is 14.1 Å². The molecule has 0 N–H and O–H groups in total. The minimum absolute atomic E-state index is 0.109. The van der Waals surface area contributed by atoms with Crippen LogP contribution in [0, 0.1) is 5.92 Å². The van der Waals surface area contributed by atoms with Crippen molar-refractivity contribution in [2.75, 3.05) is 0 Å². The van der Waals surface area contributed by atoms with Crippen molar-refractivity contribution in [3.8, 4) is 0 Å². The molecular weight excluding hydrogens is 425 g/mol. The van der Waals surface area contributed by atoms with Crippen molar-refractivity contribution in [1.82, 2.24) is 9.13 Å². The summed E-state index contributed by atoms with van der Waals surface area (Å²) in [4.78, 5) is 43.8. The molecule has 150 valence electrons. The third-order valence-electron chi connectivity index (χ3n) is 5.89. The van der Waals surface area contributed by atoms with E-state index in [1.165, 1.54) is 11.6 Å². The minimum atomic E-state index is -0.683. The molecule has 1 aromatic heterocycles. The van der Waals surface area contributed by atoms with Gasteiger partial charge in [0.15, 0.2) is 5.78 Å². The molecule has 2 heterocycles. The topological polar surface area (TPSA) is 73.4 Å². The molecule has 0 fully saturated rings. The Morgan fingerprint density at radius 1 is 0.867 bits per heavy atom. The maximum Gasteiger partial charge on any atom is 0.332 e. The second kappa shape index (κ2) is 6.52. The number of benzene rings is 2. The summed E-state index contributed by atoms with van der Waals surface area (Å²) in [5.74, 6) is -1.18. The highest BCUT2D eigenvalue weighted by molar-refractivity contribution is 6.42. The first-order valence-corrected chi connectivity index (χ1v) is 10.0. The maximum absolute atomic E-state index is 13.4. The van der Waals surface area contributed by atoms with Crippen LogP contribution >= 0.6 is 23.2 Å². The van der Waals surface area contributed by atoms with Crippen LogP contribution in [0.15, 0.2) is 57.0 Å². The Morgan fingerprint density at radius 2 is 1.57 bits per heavy atom. The molecule has 0 spiro atoms. The number of rotatable bonds is 1. The first-order valence-electron chi connectivity index (χ1n) is 9.28. The van der Waals surface area contributed by atoms with E-state index in [4.69, 9.17) is 23.2 Å². The lowest BCUT2D eigenvalue weighted by Crippen LogP contribution is -2.43. The van der Waals surface area contributed by atoms with Crippen LogP contribution in [0.5, 0.6) is 0 Å². The molecule has 8 heteroatoms. The van der Waals surface area contributed by atoms with E-state index in [2.05, 4.69) is 4.99 Å². The highest BCUT2D eigenvalue weighted by Gasteiger charge is 2.47. The minimum Gasteiger partial charge on any atom is -0.293 e. The summed E-state index contributed by atoms with van der Waals surface area (Å²) in [5, 5.41) is 0.698. The van der Waals surface area contributed by atoms with Gasteiger partial charge >= 0.3 is 5.69 Å². The van der Waals surface area contributed by atoms with Gasteiger partial charge in [0.25, 0.3) is 5.56 Å². The second-order valence-corrected chi connectivity index (χ2v) is 8.29. The molecule has 2 atom stereocenters. The molecule has 0 radical (unpaired) electrons. The lowest BCUT2D eigenvalue weighted by molar-refractivity contribution is 0.0953. The lowest BCUT2D eigenvalue weighted by Gasteiger charge is -2.30. The molecule has 2 aromatic carbocycles. The Bertz CT molecular complexity index is 1420. The first-order chi connectivity index (χ1) is 14.3. The standard InChI is InChI=1S/C22H15Cl2N3O3/c1-26-20-17(21(29)27(2)22(26)30)15(10-7-8-13(23)14(24)9-10)16-18(25-20)11-5-3-4-6-12(11)19(16)28/h3-9,15-16H,1-2H3/t15-,16+/m0/s1. The highest BCUT2D eigenvalue weighted by Crippen LogP contribution is 2.47. The van der Waals surface area contributed by atoms with Gasteiger partial charge in [0.1, 0.15) is 5.82 Å². The molecule has 0 unspecified atom stereocenters. The maximum atomic E-state index is 13.4. The zero-order valence-corrected chi connectivity index (χ0v) is 17.5. The molecule has 0 saturated carbocycles. The van der Waals surface area contributed by atoms with Crippen molar-refractivity contribution in [2.45, 2.75) is 5.92 Å². The lowest BCUT2D eigenvalue weighted by atomic mass is 9.76. The number of fused-ring (bicyclic) bond motifs is 4. The van der Waals surface area contributed by atoms with E-state index in [0.29, 0.717) is 32.4 Å². The largest absolute Gasteiger partial charge is 0.332 e. The van der Waals surface area contributed by atoms with Crippen LogP contribution < -0.4 is 11.2 Å². The Kier molecular flexibility index (Phi) is 4.14. The molecule has 0 saturated heterocycles. The Balaban J connectivity index is 1.91. The van der Waals surface area contributed by atoms with E-state index in [9.17, 15) is 14.4 Å². The fourth-order valence-electron chi connectivity index (χ4n) is 4.43. The number of nitrogens with zero attached hydrogens (tertiary/aromatic N) is 3. The predicted molar refractivity (Wildman–Crippen MR) is 116 cm³/mol. The summed E-state index contributed by atoms with van der Waals surface area (Å²) in [6, 6.07) is 12.3. The summed E-state index contributed by atoms with van der Waals surface area (Å²) in [5.41, 5.74) is 1.84. The molecule has 1 aliphatic carbocycles. The molecule has 5 rings (SSSR count). The van der Waals surface area contributed by atoms with Gasteiger partial charge in [-0.2, -0.15) is 0 Å². The molecule has 3 aromatic rings. The number of aliphatic imine (C=N–C) groups is 1. The van der Waals surface area contributed by atoms with Crippen molar-refractivity contribution in [2.24, 2.45) is 25.0 Å². The summed E-state index contributed by atoms with van der Waals surface area (Å²) in [6.45, 7) is 0. The summed E-state index contributed by atoms with van der Waals surface area (Å²) in [6.07, 6.45) is 0. The smallest absolute Gasteiger partial charge is 0.293 e. The SMILES string of the molecule is Cn1c2c(c(=O)n(C)c1=O)[C@@H](c1ccc(Cl)c(Cl)c1)[C@H]1C(=O)c3ccccc3C1=N2. The molecule has 0 amide bonds. The first kappa shape index (κ1) is 19.0. The zero-order valence-electron chi connectivity index (χ0n) is 16.0. The summed E-state index contributed by atoms with van der Waals surface area (Å²) >= 11 is 12.4. The third-order valence-corrected chi connectivity index (χ3v) is 6.63. The van der Waals surface area contributed by atoms with Crippen molar-refractivity contribution in [3.63, 3.8) is 0 Å². The third kappa shape index (κ3) is 2.44. The van der Waals surface area contributed by atoms with Crippen LogP contribution in [0.2, 0.25) is 10.0 Å². The van der Waals surface area contributed by atoms with Gasteiger partial charge in [-0.3, -0.25) is 18.7 Å². The van der Waals surface area contributed by atoms with Crippen LogP contribution in [0.25, 0.3) is 0 Å². The number of Topliss-reactive ketones (excluding diaryl/α,β-unsaturated/α-hetero) is 1. The average Bonchev–Trinajstić information content (AvgIpc) is 3.03. The summed E-state index contributed by atoms with van der Waals surface area (Å²) < 4.78 is 2.38. The number of hydrogen-bond acceptors (Lipinski definition) is 4. The Hall–Kier alpha value is -2.96. The van der Waals surface area contributed by atoms with E-state index in [0.717, 1.165) is 10.1 Å². The van der Waals surface area contributed by atoms with Gasteiger partial charge in [-0.25, -0.2) is 9.79 Å². The number of carbonyl (C=O) groups excluding carboxylic acids is 1. The van der Waals surface area contributed by atoms with Crippen molar-refractivity contribution >= 4 is 40.5 Å². The number of halogens is 2. The second-order valence-electron chi connectivity index (χ2n) is 7.48. The number of carbonyl (C=O) groups is 1. The van der Waals surface area contributed by atoms with Gasteiger partial charge in [0.05, 0.1) is 27.2 Å². The number of aromatic nitrogens is 2. The van der Waals surface area contributed by atoms with Crippen molar-refractivity contribution in [3.05, 3.63) is 95.6 Å². The van der Waals surface area contributed by atoms with E-state index in [-0.39, 0.29) is 11.6 Å². The van der Waals surface area contributed by atoms with E-state index in [1.807, 2.05) is 12.1 Å². The van der Waals surface area contributed by atoms with Crippen LogP contribution in [0.1, 0.15) is 33.0 Å². The van der Waals surface area contributed by atoms with E-state index < -0.39 is 23.1 Å². The highest BCUT2D eigenvalue weighted by atomic mass is 35.5. The van der Waals surface area contributed by atoms with Gasteiger partial charge in [-0.05, 0) is 17.7 Å². The normalized spacial score (nSPS) is 19.2. The molecule has 6 nitrogen and oxygen atoms in total. The predicted octanol–water partition coefficient (Wildman–Crippen LogP) is 3.47. The fourth-order valence-corrected chi connectivity index (χ4v) is 4.74. The van der Waals surface area contributed by atoms with Gasteiger partial charge in [-0.15, -0.1) is 0 Å². The average molecular weight is 440 g/mol. The fraction of sp³-hybridized carbons (Fsp3) is 0.182. The van der Waals surface area contributed by atoms with Crippen LogP contribution in [0.4, 0.5) is 5.82 Å². The molecule has 30 heavy (non-hydrogen) atoms. The quantitative estimate of drug-likeness (QED) is 0.582. The van der Waals surface area contributed by atoms with Crippen LogP contribution in [-0.4, -0.2) is 20.6 Å². The Morgan fingerprint density at radius 3 is 2.27 bits per heavy atom. The van der Waals surface area contributed by atoms with Gasteiger partial charge in [0, 0.05) is 31.1 Å². The molecule has 0 bridgehead atoms. The van der Waals surface area contributed by atoms with Gasteiger partial charge < -0.3 is 0 Å². The molecule has 1 aliphatic heterocycles. The summed E-state index contributed by atoms with van der Waals surface area (Å²) in [7, 11) is 2.99. The van der Waals surface area contributed by atoms with Crippen molar-refractivity contribution in [1.29, 1.82) is 0 Å². The molecular formula is C22H15Cl2N3O3. The number of hydrogen-bond donors (Lipinski definition) is 0. The van der Waals surface area contributed by atoms with E-state index >= 15 is 0 Å². The van der Waals surface area contributed by atoms with Gasteiger partial charge in [0.2, 0.25) is 0 Å². The zero-order chi connectivity index (χ0) is 21.3. The van der Waals surface area contributed by atoms with Crippen molar-refractivity contribution < 1.29 is 4.79 Å². The van der Waals surface area contributed by atoms with Crippen LogP contribution in [0.3, 0.4) is 0 Å². The Labute approximate surface area is 181 Å². The van der Waals surface area contributed by atoms with E-state index in [1.54, 1.807) is 37.4 Å². The van der Waals surface area contributed by atoms with Gasteiger partial charge in [-0.1, -0.05) is 53.5 Å². The molecule has 2 aliphatic rings.